The van der Waals surface area contributed by atoms with Gasteiger partial charge in [-0.1, -0.05) is 33.6 Å². The summed E-state index contributed by atoms with van der Waals surface area (Å²) < 4.78 is 7.89. The Bertz CT molecular complexity index is 733. The molecule has 7 heteroatoms. The van der Waals surface area contributed by atoms with E-state index >= 15 is 0 Å². The molecule has 176 valence electrons. The second-order valence-corrected chi connectivity index (χ2v) is 8.15. The fourth-order valence-corrected chi connectivity index (χ4v) is 4.16. The minimum atomic E-state index is 0.568. The van der Waals surface area contributed by atoms with Gasteiger partial charge in [-0.05, 0) is 56.8 Å². The second-order valence-electron chi connectivity index (χ2n) is 8.15. The summed E-state index contributed by atoms with van der Waals surface area (Å²) in [5, 5.41) is 9.24. The van der Waals surface area contributed by atoms with Crippen LogP contribution in [0.25, 0.3) is 11.0 Å². The lowest BCUT2D eigenvalue weighted by atomic mass is 10.0. The first-order valence-electron chi connectivity index (χ1n) is 12.3. The number of nitrogens with zero attached hydrogens (tertiary/aromatic N) is 4. The van der Waals surface area contributed by atoms with Crippen LogP contribution in [0.2, 0.25) is 0 Å². The Morgan fingerprint density at radius 1 is 1.13 bits per heavy atom. The lowest BCUT2D eigenvalue weighted by molar-refractivity contribution is 0.0767. The molecule has 0 aromatic carbocycles. The number of nitrogens with two attached hydrogens (primary N) is 1. The van der Waals surface area contributed by atoms with E-state index in [0.29, 0.717) is 12.5 Å². The van der Waals surface area contributed by atoms with Gasteiger partial charge < -0.3 is 20.7 Å². The highest BCUT2D eigenvalue weighted by molar-refractivity contribution is 5.80. The maximum absolute atomic E-state index is 5.99. The predicted octanol–water partition coefficient (Wildman–Crippen LogP) is 3.86. The van der Waals surface area contributed by atoms with E-state index in [1.807, 2.05) is 32.5 Å². The van der Waals surface area contributed by atoms with Crippen molar-refractivity contribution in [3.05, 3.63) is 17.8 Å². The van der Waals surface area contributed by atoms with Gasteiger partial charge in [0.05, 0.1) is 18.9 Å². The molecule has 2 aliphatic rings. The van der Waals surface area contributed by atoms with Crippen LogP contribution in [0.15, 0.2) is 12.1 Å². The molecule has 0 spiro atoms. The SMILES string of the molecule is CC.CCN.Cn1nc(COCC2CCCNC2)c2ccc(N3CCCCCC3)nc21. The topological polar surface area (TPSA) is 81.2 Å². The Labute approximate surface area is 188 Å². The zero-order chi connectivity index (χ0) is 22.5. The monoisotopic (exact) mass is 432 g/mol. The predicted molar refractivity (Wildman–Crippen MR) is 131 cm³/mol. The summed E-state index contributed by atoms with van der Waals surface area (Å²) in [4.78, 5) is 7.34. The molecule has 1 atom stereocenters. The van der Waals surface area contributed by atoms with Crippen LogP contribution in [-0.2, 0) is 18.4 Å². The van der Waals surface area contributed by atoms with E-state index in [2.05, 4.69) is 27.4 Å². The summed E-state index contributed by atoms with van der Waals surface area (Å²) in [6, 6.07) is 4.33. The number of fused-ring (bicyclic) bond motifs is 1. The normalized spacial score (nSPS) is 19.1. The molecule has 4 heterocycles. The zero-order valence-electron chi connectivity index (χ0n) is 20.2. The third kappa shape index (κ3) is 7.74. The van der Waals surface area contributed by atoms with Gasteiger partial charge in [0, 0.05) is 32.1 Å². The number of pyridine rings is 1. The molecule has 2 saturated heterocycles. The van der Waals surface area contributed by atoms with Crippen LogP contribution in [0.5, 0.6) is 0 Å². The van der Waals surface area contributed by atoms with Gasteiger partial charge in [-0.25, -0.2) is 4.98 Å². The van der Waals surface area contributed by atoms with E-state index in [-0.39, 0.29) is 0 Å². The van der Waals surface area contributed by atoms with E-state index in [1.54, 1.807) is 0 Å². The summed E-state index contributed by atoms with van der Waals surface area (Å²) in [7, 11) is 1.98. The van der Waals surface area contributed by atoms with Crippen molar-refractivity contribution in [3.8, 4) is 0 Å². The van der Waals surface area contributed by atoms with Gasteiger partial charge in [0.1, 0.15) is 5.82 Å². The van der Waals surface area contributed by atoms with Gasteiger partial charge in [-0.2, -0.15) is 5.10 Å². The smallest absolute Gasteiger partial charge is 0.160 e. The fraction of sp³-hybridized carbons (Fsp3) is 0.750. The minimum absolute atomic E-state index is 0.568. The van der Waals surface area contributed by atoms with Gasteiger partial charge >= 0.3 is 0 Å². The molecule has 7 nitrogen and oxygen atoms in total. The van der Waals surface area contributed by atoms with Crippen molar-refractivity contribution >= 4 is 16.9 Å². The molecule has 2 fully saturated rings. The molecule has 0 aliphatic carbocycles. The van der Waals surface area contributed by atoms with Gasteiger partial charge in [0.25, 0.3) is 0 Å². The van der Waals surface area contributed by atoms with Crippen molar-refractivity contribution in [3.63, 3.8) is 0 Å². The third-order valence-electron chi connectivity index (χ3n) is 5.67. The Hall–Kier alpha value is -1.70. The average Bonchev–Trinajstić information content (AvgIpc) is 2.97. The summed E-state index contributed by atoms with van der Waals surface area (Å²) in [6.45, 7) is 12.5. The maximum atomic E-state index is 5.99. The van der Waals surface area contributed by atoms with E-state index in [1.165, 1.54) is 38.5 Å². The van der Waals surface area contributed by atoms with Crippen LogP contribution in [0, 0.1) is 5.92 Å². The summed E-state index contributed by atoms with van der Waals surface area (Å²) >= 11 is 0. The minimum Gasteiger partial charge on any atom is -0.375 e. The molecule has 1 unspecified atom stereocenters. The Balaban J connectivity index is 0.000000630. The van der Waals surface area contributed by atoms with E-state index in [0.717, 1.165) is 61.9 Å². The second kappa shape index (κ2) is 14.4. The summed E-state index contributed by atoms with van der Waals surface area (Å²) in [5.74, 6) is 1.72. The Morgan fingerprint density at radius 2 is 1.84 bits per heavy atom. The van der Waals surface area contributed by atoms with Crippen molar-refractivity contribution in [2.75, 3.05) is 44.2 Å². The quantitative estimate of drug-likeness (QED) is 0.747. The first-order chi connectivity index (χ1) is 15.2. The number of anilines is 1. The molecular weight excluding hydrogens is 388 g/mol. The van der Waals surface area contributed by atoms with Crippen molar-refractivity contribution < 1.29 is 4.74 Å². The molecule has 3 N–H and O–H groups in total. The first-order valence-corrected chi connectivity index (χ1v) is 12.3. The standard InChI is InChI=1S/C20H31N5O.C2H7N.C2H6/c1-24-20-17(8-9-19(22-20)25-11-4-2-3-5-12-25)18(23-24)15-26-14-16-7-6-10-21-13-16;1-2-3;1-2/h8-9,16,21H,2-7,10-15H2,1H3;2-3H2,1H3;1-2H3. The number of aryl methyl sites for hydroxylation is 1. The Morgan fingerprint density at radius 3 is 2.48 bits per heavy atom. The Kier molecular flexibility index (Phi) is 11.9. The van der Waals surface area contributed by atoms with Crippen molar-refractivity contribution in [1.82, 2.24) is 20.1 Å². The molecule has 0 bridgehead atoms. The molecule has 2 aliphatic heterocycles. The third-order valence-corrected chi connectivity index (χ3v) is 5.67. The number of nitrogens with one attached hydrogen (secondary N) is 1. The highest BCUT2D eigenvalue weighted by Gasteiger charge is 2.17. The van der Waals surface area contributed by atoms with E-state index < -0.39 is 0 Å². The molecule has 0 amide bonds. The molecule has 2 aromatic rings. The van der Waals surface area contributed by atoms with E-state index in [9.17, 15) is 0 Å². The van der Waals surface area contributed by atoms with Crippen molar-refractivity contribution in [2.24, 2.45) is 18.7 Å². The largest absolute Gasteiger partial charge is 0.375 e. The molecule has 31 heavy (non-hydrogen) atoms. The lowest BCUT2D eigenvalue weighted by Gasteiger charge is -2.22. The molecule has 0 radical (unpaired) electrons. The van der Waals surface area contributed by atoms with E-state index in [4.69, 9.17) is 15.5 Å². The van der Waals surface area contributed by atoms with Crippen LogP contribution in [0.4, 0.5) is 5.82 Å². The molecule has 2 aromatic heterocycles. The molecular formula is C24H44N6O. The number of piperidine rings is 1. The number of rotatable bonds is 5. The van der Waals surface area contributed by atoms with Crippen molar-refractivity contribution in [2.45, 2.75) is 65.9 Å². The highest BCUT2D eigenvalue weighted by Crippen LogP contribution is 2.23. The molecule has 4 rings (SSSR count). The van der Waals surface area contributed by atoms with Crippen LogP contribution >= 0.6 is 0 Å². The van der Waals surface area contributed by atoms with Crippen LogP contribution in [0.3, 0.4) is 0 Å². The van der Waals surface area contributed by atoms with Gasteiger partial charge in [-0.15, -0.1) is 0 Å². The number of hydrogen-bond acceptors (Lipinski definition) is 6. The maximum Gasteiger partial charge on any atom is 0.160 e. The number of ether oxygens (including phenoxy) is 1. The highest BCUT2D eigenvalue weighted by atomic mass is 16.5. The van der Waals surface area contributed by atoms with Gasteiger partial charge in [-0.3, -0.25) is 4.68 Å². The molecule has 0 saturated carbocycles. The van der Waals surface area contributed by atoms with Gasteiger partial charge in [0.2, 0.25) is 0 Å². The van der Waals surface area contributed by atoms with Gasteiger partial charge in [0.15, 0.2) is 5.65 Å². The first kappa shape index (κ1) is 25.6. The summed E-state index contributed by atoms with van der Waals surface area (Å²) in [6.07, 6.45) is 7.71. The number of hydrogen-bond donors (Lipinski definition) is 2. The average molecular weight is 433 g/mol. The fourth-order valence-electron chi connectivity index (χ4n) is 4.16. The number of aromatic nitrogens is 3. The van der Waals surface area contributed by atoms with Crippen LogP contribution in [0.1, 0.15) is 65.0 Å². The van der Waals surface area contributed by atoms with Crippen LogP contribution in [-0.4, -0.2) is 54.1 Å². The zero-order valence-corrected chi connectivity index (χ0v) is 20.2. The van der Waals surface area contributed by atoms with Crippen LogP contribution < -0.4 is 16.0 Å². The lowest BCUT2D eigenvalue weighted by Crippen LogP contribution is -2.32. The summed E-state index contributed by atoms with van der Waals surface area (Å²) in [5.41, 5.74) is 6.81. The van der Waals surface area contributed by atoms with Crippen molar-refractivity contribution in [1.29, 1.82) is 0 Å².